The molecule has 17 heavy (non-hydrogen) atoms. The first kappa shape index (κ1) is 13.0. The predicted molar refractivity (Wildman–Crippen MR) is 73.1 cm³/mol. The molecule has 0 aromatic carbocycles. The van der Waals surface area contributed by atoms with Crippen molar-refractivity contribution in [3.8, 4) is 0 Å². The fraction of sp³-hybridized carbons (Fsp3) is 0.769. The van der Waals surface area contributed by atoms with Crippen LogP contribution in [0, 0.1) is 12.8 Å². The molecule has 3 nitrogen and oxygen atoms in total. The highest BCUT2D eigenvalue weighted by Crippen LogP contribution is 2.29. The number of thiazole rings is 1. The maximum Gasteiger partial charge on any atom is 0.0897 e. The van der Waals surface area contributed by atoms with Gasteiger partial charge < -0.3 is 11.1 Å². The summed E-state index contributed by atoms with van der Waals surface area (Å²) in [6, 6.07) is 0. The Bertz CT molecular complexity index is 363. The molecule has 0 bridgehead atoms. The van der Waals surface area contributed by atoms with Gasteiger partial charge in [0.05, 0.1) is 10.7 Å². The zero-order valence-electron chi connectivity index (χ0n) is 10.8. The molecule has 2 atom stereocenters. The van der Waals surface area contributed by atoms with Crippen LogP contribution in [0.25, 0.3) is 0 Å². The zero-order valence-corrected chi connectivity index (χ0v) is 11.6. The molecule has 2 rings (SSSR count). The van der Waals surface area contributed by atoms with E-state index in [1.165, 1.54) is 12.8 Å². The molecular formula is C13H23N3S. The SMILES string of the molecule is Cc1nc(CNCC2(N)CCCC(C)C2)cs1. The molecule has 1 fully saturated rings. The van der Waals surface area contributed by atoms with E-state index in [2.05, 4.69) is 22.6 Å². The van der Waals surface area contributed by atoms with E-state index < -0.39 is 0 Å². The first-order valence-electron chi connectivity index (χ1n) is 6.48. The van der Waals surface area contributed by atoms with E-state index in [1.807, 2.05) is 6.92 Å². The van der Waals surface area contributed by atoms with E-state index in [0.29, 0.717) is 0 Å². The van der Waals surface area contributed by atoms with Gasteiger partial charge >= 0.3 is 0 Å². The largest absolute Gasteiger partial charge is 0.324 e. The van der Waals surface area contributed by atoms with Gasteiger partial charge in [-0.25, -0.2) is 4.98 Å². The lowest BCUT2D eigenvalue weighted by atomic mass is 9.77. The van der Waals surface area contributed by atoms with Crippen LogP contribution in [0.2, 0.25) is 0 Å². The predicted octanol–water partition coefficient (Wildman–Crippen LogP) is 2.45. The van der Waals surface area contributed by atoms with Gasteiger partial charge in [-0.05, 0) is 25.7 Å². The minimum Gasteiger partial charge on any atom is -0.324 e. The molecule has 96 valence electrons. The van der Waals surface area contributed by atoms with Crippen LogP contribution in [0.4, 0.5) is 0 Å². The Labute approximate surface area is 108 Å². The molecule has 2 unspecified atom stereocenters. The lowest BCUT2D eigenvalue weighted by molar-refractivity contribution is 0.229. The van der Waals surface area contributed by atoms with E-state index in [4.69, 9.17) is 5.73 Å². The molecule has 1 aliphatic carbocycles. The van der Waals surface area contributed by atoms with E-state index in [0.717, 1.165) is 42.6 Å². The Kier molecular flexibility index (Phi) is 4.17. The first-order chi connectivity index (χ1) is 8.07. The van der Waals surface area contributed by atoms with E-state index in [1.54, 1.807) is 11.3 Å². The molecule has 0 amide bonds. The Morgan fingerprint density at radius 3 is 3.12 bits per heavy atom. The highest BCUT2D eigenvalue weighted by Gasteiger charge is 2.30. The van der Waals surface area contributed by atoms with Crippen LogP contribution >= 0.6 is 11.3 Å². The maximum absolute atomic E-state index is 6.44. The van der Waals surface area contributed by atoms with Crippen LogP contribution in [0.15, 0.2) is 5.38 Å². The van der Waals surface area contributed by atoms with E-state index in [-0.39, 0.29) is 5.54 Å². The van der Waals surface area contributed by atoms with Crippen molar-refractivity contribution in [2.24, 2.45) is 11.7 Å². The van der Waals surface area contributed by atoms with Crippen molar-refractivity contribution in [2.45, 2.75) is 51.6 Å². The summed E-state index contributed by atoms with van der Waals surface area (Å²) in [6.07, 6.45) is 4.91. The minimum absolute atomic E-state index is 0.00271. The number of nitrogens with zero attached hydrogens (tertiary/aromatic N) is 1. The second-order valence-corrected chi connectivity index (χ2v) is 6.59. The lowest BCUT2D eigenvalue weighted by Crippen LogP contribution is -2.51. The fourth-order valence-corrected chi connectivity index (χ4v) is 3.40. The van der Waals surface area contributed by atoms with Crippen molar-refractivity contribution in [3.63, 3.8) is 0 Å². The van der Waals surface area contributed by atoms with Crippen LogP contribution in [0.3, 0.4) is 0 Å². The lowest BCUT2D eigenvalue weighted by Gasteiger charge is -2.37. The Morgan fingerprint density at radius 1 is 1.65 bits per heavy atom. The van der Waals surface area contributed by atoms with E-state index in [9.17, 15) is 0 Å². The van der Waals surface area contributed by atoms with Gasteiger partial charge in [-0.3, -0.25) is 0 Å². The smallest absolute Gasteiger partial charge is 0.0897 e. The number of nitrogens with one attached hydrogen (secondary N) is 1. The quantitative estimate of drug-likeness (QED) is 0.866. The van der Waals surface area contributed by atoms with Crippen molar-refractivity contribution in [2.75, 3.05) is 6.54 Å². The van der Waals surface area contributed by atoms with Crippen molar-refractivity contribution < 1.29 is 0 Å². The summed E-state index contributed by atoms with van der Waals surface area (Å²) in [6.45, 7) is 6.11. The molecule has 0 saturated heterocycles. The molecule has 4 heteroatoms. The Hall–Kier alpha value is -0.450. The van der Waals surface area contributed by atoms with E-state index >= 15 is 0 Å². The zero-order chi connectivity index (χ0) is 12.3. The van der Waals surface area contributed by atoms with Gasteiger partial charge in [0.15, 0.2) is 0 Å². The molecule has 0 spiro atoms. The normalized spacial score (nSPS) is 29.5. The molecular weight excluding hydrogens is 230 g/mol. The van der Waals surface area contributed by atoms with Gasteiger partial charge in [0.25, 0.3) is 0 Å². The number of aryl methyl sites for hydroxylation is 1. The molecule has 1 aromatic heterocycles. The van der Waals surface area contributed by atoms with Gasteiger partial charge in [-0.1, -0.05) is 19.8 Å². The third kappa shape index (κ3) is 3.76. The van der Waals surface area contributed by atoms with Crippen LogP contribution in [-0.2, 0) is 6.54 Å². The number of aromatic nitrogens is 1. The number of hydrogen-bond acceptors (Lipinski definition) is 4. The van der Waals surface area contributed by atoms with Gasteiger partial charge in [0.2, 0.25) is 0 Å². The second-order valence-electron chi connectivity index (χ2n) is 5.53. The van der Waals surface area contributed by atoms with Gasteiger partial charge in [0.1, 0.15) is 0 Å². The summed E-state index contributed by atoms with van der Waals surface area (Å²) in [5.74, 6) is 0.775. The van der Waals surface area contributed by atoms with Gasteiger partial charge in [0, 0.05) is 24.0 Å². The summed E-state index contributed by atoms with van der Waals surface area (Å²) >= 11 is 1.71. The second kappa shape index (κ2) is 5.46. The van der Waals surface area contributed by atoms with Gasteiger partial charge in [-0.2, -0.15) is 0 Å². The molecule has 0 radical (unpaired) electrons. The summed E-state index contributed by atoms with van der Waals surface area (Å²) < 4.78 is 0. The third-order valence-corrected chi connectivity index (χ3v) is 4.40. The first-order valence-corrected chi connectivity index (χ1v) is 7.36. The fourth-order valence-electron chi connectivity index (χ4n) is 2.79. The molecule has 1 aromatic rings. The molecule has 1 aliphatic rings. The number of rotatable bonds is 4. The van der Waals surface area contributed by atoms with Crippen molar-refractivity contribution in [1.82, 2.24) is 10.3 Å². The molecule has 1 heterocycles. The van der Waals surface area contributed by atoms with Crippen LogP contribution in [0.5, 0.6) is 0 Å². The van der Waals surface area contributed by atoms with Gasteiger partial charge in [-0.15, -0.1) is 11.3 Å². The third-order valence-electron chi connectivity index (χ3n) is 3.58. The number of nitrogens with two attached hydrogens (primary N) is 1. The Balaban J connectivity index is 1.77. The van der Waals surface area contributed by atoms with Crippen molar-refractivity contribution >= 4 is 11.3 Å². The average Bonchev–Trinajstić information content (AvgIpc) is 2.63. The van der Waals surface area contributed by atoms with Crippen molar-refractivity contribution in [1.29, 1.82) is 0 Å². The molecule has 3 N–H and O–H groups in total. The molecule has 1 saturated carbocycles. The van der Waals surface area contributed by atoms with Crippen LogP contribution in [0.1, 0.15) is 43.3 Å². The van der Waals surface area contributed by atoms with Crippen molar-refractivity contribution in [3.05, 3.63) is 16.1 Å². The average molecular weight is 253 g/mol. The highest BCUT2D eigenvalue weighted by atomic mass is 32.1. The number of hydrogen-bond donors (Lipinski definition) is 2. The Morgan fingerprint density at radius 2 is 2.47 bits per heavy atom. The monoisotopic (exact) mass is 253 g/mol. The summed E-state index contributed by atoms with van der Waals surface area (Å²) in [5.41, 5.74) is 7.58. The summed E-state index contributed by atoms with van der Waals surface area (Å²) in [7, 11) is 0. The van der Waals surface area contributed by atoms with Crippen LogP contribution < -0.4 is 11.1 Å². The summed E-state index contributed by atoms with van der Waals surface area (Å²) in [4.78, 5) is 4.45. The summed E-state index contributed by atoms with van der Waals surface area (Å²) in [5, 5.41) is 6.72. The maximum atomic E-state index is 6.44. The minimum atomic E-state index is 0.00271. The highest BCUT2D eigenvalue weighted by molar-refractivity contribution is 7.09. The standard InChI is InChI=1S/C13H23N3S/c1-10-4-3-5-13(14,6-10)9-15-7-12-8-17-11(2)16-12/h8,10,15H,3-7,9,14H2,1-2H3. The van der Waals surface area contributed by atoms with Crippen LogP contribution in [-0.4, -0.2) is 17.1 Å². The topological polar surface area (TPSA) is 50.9 Å². The molecule has 0 aliphatic heterocycles.